The molecule has 0 aliphatic rings. The number of pyridine rings is 1. The third-order valence-electron chi connectivity index (χ3n) is 2.96. The summed E-state index contributed by atoms with van der Waals surface area (Å²) in [6.07, 6.45) is 3.47. The minimum atomic E-state index is 0.691. The first-order valence-electron chi connectivity index (χ1n) is 6.07. The maximum atomic E-state index is 5.64. The van der Waals surface area contributed by atoms with Crippen LogP contribution in [0.5, 0.6) is 0 Å². The van der Waals surface area contributed by atoms with E-state index in [4.69, 9.17) is 4.42 Å². The van der Waals surface area contributed by atoms with Crippen LogP contribution in [0.2, 0.25) is 0 Å². The summed E-state index contributed by atoms with van der Waals surface area (Å²) in [6, 6.07) is 12.3. The van der Waals surface area contributed by atoms with Crippen LogP contribution in [0, 0.1) is 6.92 Å². The second-order valence-electron chi connectivity index (χ2n) is 4.42. The Hall–Kier alpha value is -2.16. The monoisotopic (exact) mass is 238 g/mol. The number of benzene rings is 1. The zero-order valence-electron chi connectivity index (χ0n) is 10.3. The van der Waals surface area contributed by atoms with Crippen molar-refractivity contribution in [3.8, 4) is 0 Å². The van der Waals surface area contributed by atoms with Crippen LogP contribution in [-0.2, 0) is 12.8 Å². The molecule has 3 rings (SSSR count). The van der Waals surface area contributed by atoms with Gasteiger partial charge in [-0.1, -0.05) is 29.8 Å². The largest absolute Gasteiger partial charge is 0.439 e. The van der Waals surface area contributed by atoms with Gasteiger partial charge in [0, 0.05) is 12.6 Å². The predicted octanol–water partition coefficient (Wildman–Crippen LogP) is 3.32. The molecule has 1 aromatic carbocycles. The molecule has 2 aromatic heterocycles. The standard InChI is InChI=1S/C15H14N2O/c1-11-4-6-12(7-5-11)8-9-14-17-15-13(18-14)3-2-10-16-15/h2-7,10H,8-9H2,1H3. The molecule has 0 unspecified atom stereocenters. The van der Waals surface area contributed by atoms with E-state index >= 15 is 0 Å². The van der Waals surface area contributed by atoms with Gasteiger partial charge in [0.15, 0.2) is 17.1 Å². The zero-order chi connectivity index (χ0) is 12.4. The van der Waals surface area contributed by atoms with Crippen LogP contribution >= 0.6 is 0 Å². The summed E-state index contributed by atoms with van der Waals surface area (Å²) in [5.74, 6) is 0.754. The van der Waals surface area contributed by atoms with Crippen molar-refractivity contribution in [3.63, 3.8) is 0 Å². The molecule has 0 saturated heterocycles. The van der Waals surface area contributed by atoms with E-state index in [0.29, 0.717) is 5.65 Å². The number of oxazole rings is 1. The van der Waals surface area contributed by atoms with Crippen LogP contribution in [0.1, 0.15) is 17.0 Å². The molecule has 0 fully saturated rings. The maximum absolute atomic E-state index is 5.64. The summed E-state index contributed by atoms with van der Waals surface area (Å²) >= 11 is 0. The second kappa shape index (κ2) is 4.61. The molecule has 2 heterocycles. The van der Waals surface area contributed by atoms with Crippen molar-refractivity contribution in [3.05, 3.63) is 59.6 Å². The van der Waals surface area contributed by atoms with E-state index in [1.54, 1.807) is 6.20 Å². The van der Waals surface area contributed by atoms with E-state index in [1.807, 2.05) is 12.1 Å². The second-order valence-corrected chi connectivity index (χ2v) is 4.42. The van der Waals surface area contributed by atoms with E-state index in [2.05, 4.69) is 41.2 Å². The Morgan fingerprint density at radius 1 is 1.06 bits per heavy atom. The van der Waals surface area contributed by atoms with Gasteiger partial charge in [0.25, 0.3) is 0 Å². The van der Waals surface area contributed by atoms with Gasteiger partial charge >= 0.3 is 0 Å². The Morgan fingerprint density at radius 2 is 1.89 bits per heavy atom. The van der Waals surface area contributed by atoms with Crippen molar-refractivity contribution in [2.45, 2.75) is 19.8 Å². The number of fused-ring (bicyclic) bond motifs is 1. The fourth-order valence-electron chi connectivity index (χ4n) is 1.93. The number of hydrogen-bond acceptors (Lipinski definition) is 3. The smallest absolute Gasteiger partial charge is 0.198 e. The van der Waals surface area contributed by atoms with Gasteiger partial charge in [-0.25, -0.2) is 4.98 Å². The van der Waals surface area contributed by atoms with E-state index in [-0.39, 0.29) is 0 Å². The average Bonchev–Trinajstić information content (AvgIpc) is 2.81. The van der Waals surface area contributed by atoms with Gasteiger partial charge < -0.3 is 4.42 Å². The van der Waals surface area contributed by atoms with Crippen LogP contribution < -0.4 is 0 Å². The quantitative estimate of drug-likeness (QED) is 0.702. The maximum Gasteiger partial charge on any atom is 0.198 e. The van der Waals surface area contributed by atoms with E-state index in [0.717, 1.165) is 24.3 Å². The average molecular weight is 238 g/mol. The van der Waals surface area contributed by atoms with Gasteiger partial charge in [-0.2, -0.15) is 4.98 Å². The van der Waals surface area contributed by atoms with Gasteiger partial charge in [0.1, 0.15) is 0 Å². The number of aryl methyl sites for hydroxylation is 3. The molecule has 0 aliphatic carbocycles. The zero-order valence-corrected chi connectivity index (χ0v) is 10.3. The van der Waals surface area contributed by atoms with Gasteiger partial charge in [0.2, 0.25) is 0 Å². The molecule has 0 N–H and O–H groups in total. The highest BCUT2D eigenvalue weighted by Gasteiger charge is 2.05. The molecule has 90 valence electrons. The Balaban J connectivity index is 1.74. The summed E-state index contributed by atoms with van der Waals surface area (Å²) in [7, 11) is 0. The molecular weight excluding hydrogens is 224 g/mol. The van der Waals surface area contributed by atoms with E-state index in [1.165, 1.54) is 11.1 Å². The minimum Gasteiger partial charge on any atom is -0.439 e. The summed E-state index contributed by atoms with van der Waals surface area (Å²) in [5.41, 5.74) is 4.04. The molecule has 0 saturated carbocycles. The third-order valence-corrected chi connectivity index (χ3v) is 2.96. The Kier molecular flexibility index (Phi) is 2.81. The highest BCUT2D eigenvalue weighted by atomic mass is 16.3. The van der Waals surface area contributed by atoms with Crippen molar-refractivity contribution in [2.75, 3.05) is 0 Å². The molecule has 0 bridgehead atoms. The van der Waals surface area contributed by atoms with E-state index in [9.17, 15) is 0 Å². The van der Waals surface area contributed by atoms with Gasteiger partial charge in [-0.05, 0) is 31.0 Å². The fourth-order valence-corrected chi connectivity index (χ4v) is 1.93. The van der Waals surface area contributed by atoms with Gasteiger partial charge in [-0.3, -0.25) is 0 Å². The first kappa shape index (κ1) is 11.0. The molecule has 18 heavy (non-hydrogen) atoms. The molecule has 3 nitrogen and oxygen atoms in total. The molecule has 3 aromatic rings. The highest BCUT2D eigenvalue weighted by molar-refractivity contribution is 5.66. The lowest BCUT2D eigenvalue weighted by Gasteiger charge is -1.99. The number of hydrogen-bond donors (Lipinski definition) is 0. The molecule has 0 amide bonds. The SMILES string of the molecule is Cc1ccc(CCc2nc3ncccc3o2)cc1. The summed E-state index contributed by atoms with van der Waals surface area (Å²) in [5, 5.41) is 0. The topological polar surface area (TPSA) is 38.9 Å². The van der Waals surface area contributed by atoms with Crippen molar-refractivity contribution in [1.82, 2.24) is 9.97 Å². The molecule has 3 heteroatoms. The Bertz CT molecular complexity index is 623. The summed E-state index contributed by atoms with van der Waals surface area (Å²) in [6.45, 7) is 2.09. The first-order chi connectivity index (χ1) is 8.81. The minimum absolute atomic E-state index is 0.691. The molecule has 0 aliphatic heterocycles. The Labute approximate surface area is 105 Å². The summed E-state index contributed by atoms with van der Waals surface area (Å²) < 4.78 is 5.64. The van der Waals surface area contributed by atoms with Crippen molar-refractivity contribution < 1.29 is 4.42 Å². The number of aromatic nitrogens is 2. The van der Waals surface area contributed by atoms with Crippen LogP contribution in [-0.4, -0.2) is 9.97 Å². The van der Waals surface area contributed by atoms with Crippen molar-refractivity contribution in [2.24, 2.45) is 0 Å². The Morgan fingerprint density at radius 3 is 2.67 bits per heavy atom. The van der Waals surface area contributed by atoms with Crippen molar-refractivity contribution >= 4 is 11.2 Å². The lowest BCUT2D eigenvalue weighted by Crippen LogP contribution is -1.91. The van der Waals surface area contributed by atoms with Crippen LogP contribution in [0.25, 0.3) is 11.2 Å². The van der Waals surface area contributed by atoms with Gasteiger partial charge in [-0.15, -0.1) is 0 Å². The summed E-state index contributed by atoms with van der Waals surface area (Å²) in [4.78, 5) is 8.53. The lowest BCUT2D eigenvalue weighted by atomic mass is 10.1. The van der Waals surface area contributed by atoms with E-state index < -0.39 is 0 Å². The number of rotatable bonds is 3. The molecule has 0 atom stereocenters. The lowest BCUT2D eigenvalue weighted by molar-refractivity contribution is 0.528. The number of nitrogens with zero attached hydrogens (tertiary/aromatic N) is 2. The molecular formula is C15H14N2O. The molecule has 0 radical (unpaired) electrons. The van der Waals surface area contributed by atoms with Gasteiger partial charge in [0.05, 0.1) is 0 Å². The van der Waals surface area contributed by atoms with Crippen LogP contribution in [0.15, 0.2) is 47.0 Å². The molecule has 0 spiro atoms. The predicted molar refractivity (Wildman–Crippen MR) is 70.4 cm³/mol. The first-order valence-corrected chi connectivity index (χ1v) is 6.07. The van der Waals surface area contributed by atoms with Crippen molar-refractivity contribution in [1.29, 1.82) is 0 Å². The van der Waals surface area contributed by atoms with Crippen LogP contribution in [0.3, 0.4) is 0 Å². The third kappa shape index (κ3) is 2.25. The highest BCUT2D eigenvalue weighted by Crippen LogP contribution is 2.14. The van der Waals surface area contributed by atoms with Crippen LogP contribution in [0.4, 0.5) is 0 Å². The fraction of sp³-hybridized carbons (Fsp3) is 0.200. The normalized spacial score (nSPS) is 10.9.